The van der Waals surface area contributed by atoms with Crippen molar-refractivity contribution in [1.82, 2.24) is 14.9 Å². The molecule has 0 aliphatic carbocycles. The predicted octanol–water partition coefficient (Wildman–Crippen LogP) is 6.25. The molecule has 1 aliphatic rings. The molecule has 3 nitrogen and oxygen atoms in total. The van der Waals surface area contributed by atoms with Gasteiger partial charge in [-0.2, -0.15) is 0 Å². The second kappa shape index (κ2) is 8.04. The third kappa shape index (κ3) is 6.40. The van der Waals surface area contributed by atoms with Crippen molar-refractivity contribution in [2.45, 2.75) is 99.0 Å². The molecule has 0 saturated carbocycles. The van der Waals surface area contributed by atoms with Crippen LogP contribution in [-0.4, -0.2) is 33.5 Å². The number of aromatic amines is 1. The number of rotatable bonds is 7. The molecule has 1 N–H and O–H groups in total. The van der Waals surface area contributed by atoms with E-state index in [9.17, 15) is 0 Å². The summed E-state index contributed by atoms with van der Waals surface area (Å²) < 4.78 is 0. The van der Waals surface area contributed by atoms with Gasteiger partial charge in [-0.25, -0.2) is 4.98 Å². The molecular formula is C23H43N3. The zero-order chi connectivity index (χ0) is 19.6. The smallest absolute Gasteiger partial charge is 0.108 e. The Labute approximate surface area is 162 Å². The van der Waals surface area contributed by atoms with Gasteiger partial charge >= 0.3 is 0 Å². The molecule has 0 bridgehead atoms. The van der Waals surface area contributed by atoms with E-state index in [0.29, 0.717) is 22.3 Å². The normalized spacial score (nSPS) is 21.8. The highest BCUT2D eigenvalue weighted by Crippen LogP contribution is 2.40. The number of hydrogen-bond donors (Lipinski definition) is 1. The van der Waals surface area contributed by atoms with Crippen molar-refractivity contribution in [3.05, 3.63) is 18.2 Å². The Bertz CT molecular complexity index is 536. The molecule has 3 heteroatoms. The maximum absolute atomic E-state index is 4.46. The Morgan fingerprint density at radius 2 is 1.88 bits per heavy atom. The van der Waals surface area contributed by atoms with Crippen LogP contribution in [-0.2, 0) is 0 Å². The molecule has 0 radical (unpaired) electrons. The third-order valence-corrected chi connectivity index (χ3v) is 6.02. The van der Waals surface area contributed by atoms with Crippen molar-refractivity contribution >= 4 is 0 Å². The van der Waals surface area contributed by atoms with Gasteiger partial charge in [0.2, 0.25) is 0 Å². The fraction of sp³-hybridized carbons (Fsp3) is 0.870. The van der Waals surface area contributed by atoms with E-state index >= 15 is 0 Å². The van der Waals surface area contributed by atoms with E-state index < -0.39 is 0 Å². The Morgan fingerprint density at radius 1 is 1.19 bits per heavy atom. The predicted molar refractivity (Wildman–Crippen MR) is 112 cm³/mol. The molecule has 2 heterocycles. The summed E-state index contributed by atoms with van der Waals surface area (Å²) in [5.41, 5.74) is 1.03. The monoisotopic (exact) mass is 361 g/mol. The number of aromatic nitrogens is 2. The van der Waals surface area contributed by atoms with Crippen LogP contribution in [0.5, 0.6) is 0 Å². The van der Waals surface area contributed by atoms with Crippen LogP contribution >= 0.6 is 0 Å². The quantitative estimate of drug-likeness (QED) is 0.622. The molecule has 1 saturated heterocycles. The molecule has 0 aromatic carbocycles. The zero-order valence-corrected chi connectivity index (χ0v) is 18.7. The summed E-state index contributed by atoms with van der Waals surface area (Å²) in [6, 6.07) is 0. The highest BCUT2D eigenvalue weighted by molar-refractivity contribution is 4.97. The van der Waals surface area contributed by atoms with E-state index in [-0.39, 0.29) is 0 Å². The molecule has 26 heavy (non-hydrogen) atoms. The van der Waals surface area contributed by atoms with Gasteiger partial charge in [-0.3, -0.25) is 4.90 Å². The van der Waals surface area contributed by atoms with Crippen LogP contribution in [0.25, 0.3) is 0 Å². The fourth-order valence-electron chi connectivity index (χ4n) is 5.53. The number of hydrogen-bond acceptors (Lipinski definition) is 2. The summed E-state index contributed by atoms with van der Waals surface area (Å²) in [4.78, 5) is 10.5. The average Bonchev–Trinajstić information content (AvgIpc) is 2.98. The lowest BCUT2D eigenvalue weighted by molar-refractivity contribution is 0.0260. The van der Waals surface area contributed by atoms with Crippen molar-refractivity contribution in [2.24, 2.45) is 16.7 Å². The summed E-state index contributed by atoms with van der Waals surface area (Å²) in [6.07, 6.45) is 10.3. The molecular weight excluding hydrogens is 318 g/mol. The largest absolute Gasteiger partial charge is 0.348 e. The standard InChI is InChI=1S/C23H43N3/c1-18(20-24-11-12-25-20)14-22(5,6)15-19-10-9-13-26(16-19)23(7,8)17-21(2,3)4/h11-12,18-19H,9-10,13-17H2,1-8H3,(H,24,25). The minimum absolute atomic E-state index is 0.294. The van der Waals surface area contributed by atoms with Gasteiger partial charge in [-0.1, -0.05) is 41.5 Å². The van der Waals surface area contributed by atoms with Crippen LogP contribution in [0.1, 0.15) is 99.2 Å². The Kier molecular flexibility index (Phi) is 6.64. The molecule has 2 atom stereocenters. The minimum Gasteiger partial charge on any atom is -0.348 e. The number of imidazole rings is 1. The SMILES string of the molecule is CC(CC(C)(C)CC1CCCN(C(C)(C)CC(C)(C)C)C1)c1ncc[nH]1. The molecule has 1 fully saturated rings. The Hall–Kier alpha value is -0.830. The van der Waals surface area contributed by atoms with Crippen LogP contribution in [0.3, 0.4) is 0 Å². The van der Waals surface area contributed by atoms with E-state index in [2.05, 4.69) is 70.3 Å². The lowest BCUT2D eigenvalue weighted by atomic mass is 9.73. The first-order valence-electron chi connectivity index (χ1n) is 10.6. The summed E-state index contributed by atoms with van der Waals surface area (Å²) in [5, 5.41) is 0. The van der Waals surface area contributed by atoms with E-state index in [1.54, 1.807) is 0 Å². The highest BCUT2D eigenvalue weighted by Gasteiger charge is 2.36. The topological polar surface area (TPSA) is 31.9 Å². The van der Waals surface area contributed by atoms with Crippen molar-refractivity contribution < 1.29 is 0 Å². The van der Waals surface area contributed by atoms with Crippen LogP contribution in [0.2, 0.25) is 0 Å². The van der Waals surface area contributed by atoms with Crippen molar-refractivity contribution in [2.75, 3.05) is 13.1 Å². The number of H-pyrrole nitrogens is 1. The van der Waals surface area contributed by atoms with E-state index in [1.807, 2.05) is 12.4 Å². The summed E-state index contributed by atoms with van der Waals surface area (Å²) in [7, 11) is 0. The molecule has 1 aromatic heterocycles. The van der Waals surface area contributed by atoms with Gasteiger partial charge in [0.1, 0.15) is 5.82 Å². The van der Waals surface area contributed by atoms with Crippen LogP contribution in [0.15, 0.2) is 12.4 Å². The van der Waals surface area contributed by atoms with Gasteiger partial charge in [0.15, 0.2) is 0 Å². The molecule has 150 valence electrons. The zero-order valence-electron chi connectivity index (χ0n) is 18.7. The maximum atomic E-state index is 4.46. The second-order valence-electron chi connectivity index (χ2n) is 11.5. The Morgan fingerprint density at radius 3 is 2.46 bits per heavy atom. The number of likely N-dealkylation sites (tertiary alicyclic amines) is 1. The first-order valence-corrected chi connectivity index (χ1v) is 10.6. The van der Waals surface area contributed by atoms with E-state index in [1.165, 1.54) is 45.2 Å². The lowest BCUT2D eigenvalue weighted by Gasteiger charge is -2.47. The highest BCUT2D eigenvalue weighted by atomic mass is 15.2. The Balaban J connectivity index is 1.94. The van der Waals surface area contributed by atoms with Crippen LogP contribution < -0.4 is 0 Å². The van der Waals surface area contributed by atoms with Gasteiger partial charge in [0, 0.05) is 30.4 Å². The van der Waals surface area contributed by atoms with E-state index in [4.69, 9.17) is 0 Å². The maximum Gasteiger partial charge on any atom is 0.108 e. The molecule has 1 aromatic rings. The summed E-state index contributed by atoms with van der Waals surface area (Å²) >= 11 is 0. The fourth-order valence-corrected chi connectivity index (χ4v) is 5.53. The molecule has 0 amide bonds. The first-order chi connectivity index (χ1) is 11.9. The number of nitrogens with one attached hydrogen (secondary N) is 1. The number of nitrogens with zero attached hydrogens (tertiary/aromatic N) is 2. The molecule has 2 unspecified atom stereocenters. The second-order valence-corrected chi connectivity index (χ2v) is 11.5. The van der Waals surface area contributed by atoms with Crippen LogP contribution in [0, 0.1) is 16.7 Å². The van der Waals surface area contributed by atoms with E-state index in [0.717, 1.165) is 11.7 Å². The van der Waals surface area contributed by atoms with Gasteiger partial charge in [-0.05, 0) is 69.2 Å². The van der Waals surface area contributed by atoms with Gasteiger partial charge < -0.3 is 4.98 Å². The minimum atomic E-state index is 0.294. The van der Waals surface area contributed by atoms with Gasteiger partial charge in [0.25, 0.3) is 0 Å². The summed E-state index contributed by atoms with van der Waals surface area (Å²) in [5.74, 6) is 2.45. The van der Waals surface area contributed by atoms with Crippen molar-refractivity contribution in [3.63, 3.8) is 0 Å². The van der Waals surface area contributed by atoms with Crippen molar-refractivity contribution in [3.8, 4) is 0 Å². The number of piperidine rings is 1. The first kappa shape index (κ1) is 21.5. The lowest BCUT2D eigenvalue weighted by Crippen LogP contribution is -2.51. The molecule has 2 rings (SSSR count). The van der Waals surface area contributed by atoms with Gasteiger partial charge in [0.05, 0.1) is 0 Å². The molecule has 1 aliphatic heterocycles. The average molecular weight is 362 g/mol. The summed E-state index contributed by atoms with van der Waals surface area (Å²) in [6.45, 7) is 21.7. The van der Waals surface area contributed by atoms with Gasteiger partial charge in [-0.15, -0.1) is 0 Å². The van der Waals surface area contributed by atoms with Crippen LogP contribution in [0.4, 0.5) is 0 Å². The molecule has 0 spiro atoms. The van der Waals surface area contributed by atoms with Crippen molar-refractivity contribution in [1.29, 1.82) is 0 Å². The third-order valence-electron chi connectivity index (χ3n) is 6.02.